The molecule has 1 nitrogen and oxygen atoms in total. The van der Waals surface area contributed by atoms with Gasteiger partial charge in [0, 0.05) is 15.5 Å². The summed E-state index contributed by atoms with van der Waals surface area (Å²) in [5.41, 5.74) is 4.15. The largest absolute Gasteiger partial charge is 0.378 e. The summed E-state index contributed by atoms with van der Waals surface area (Å²) in [7, 11) is 0. The van der Waals surface area contributed by atoms with E-state index in [2.05, 4.69) is 81.9 Å². The first-order chi connectivity index (χ1) is 10.3. The Morgan fingerprint density at radius 1 is 0.857 bits per heavy atom. The summed E-state index contributed by atoms with van der Waals surface area (Å²) in [6.07, 6.45) is 2.34. The molecule has 104 valence electrons. The molecule has 2 heteroatoms. The van der Waals surface area contributed by atoms with Gasteiger partial charge in [0.25, 0.3) is 0 Å². The molecule has 0 heterocycles. The van der Waals surface area contributed by atoms with Gasteiger partial charge in [-0.2, -0.15) is 0 Å². The lowest BCUT2D eigenvalue weighted by molar-refractivity contribution is 0.763. The lowest BCUT2D eigenvalue weighted by Gasteiger charge is -2.18. The van der Waals surface area contributed by atoms with Gasteiger partial charge in [0.05, 0.1) is 6.04 Å². The van der Waals surface area contributed by atoms with Crippen molar-refractivity contribution in [1.82, 2.24) is 0 Å². The zero-order chi connectivity index (χ0) is 14.2. The van der Waals surface area contributed by atoms with Crippen LogP contribution >= 0.6 is 15.9 Å². The van der Waals surface area contributed by atoms with Crippen LogP contribution in [-0.2, 0) is 6.42 Å². The number of rotatable bonds is 2. The zero-order valence-corrected chi connectivity index (χ0v) is 13.2. The summed E-state index contributed by atoms with van der Waals surface area (Å²) in [4.78, 5) is 0. The standard InChI is InChI=1S/C19H16BrN/c20-17-10-12-19(16-8-4-3-7-15(16)17)21-18-11-9-13-5-1-2-6-14(13)18/h1-8,10,12,18,21H,9,11H2. The number of aryl methyl sites for hydroxylation is 1. The van der Waals surface area contributed by atoms with Crippen molar-refractivity contribution in [1.29, 1.82) is 0 Å². The number of nitrogens with one attached hydrogen (secondary N) is 1. The number of benzene rings is 3. The molecule has 4 rings (SSSR count). The molecule has 0 spiro atoms. The Bertz CT molecular complexity index is 810. The van der Waals surface area contributed by atoms with Crippen molar-refractivity contribution in [3.05, 3.63) is 76.3 Å². The van der Waals surface area contributed by atoms with Crippen LogP contribution in [-0.4, -0.2) is 0 Å². The van der Waals surface area contributed by atoms with E-state index in [1.165, 1.54) is 40.4 Å². The summed E-state index contributed by atoms with van der Waals surface area (Å²) >= 11 is 3.64. The number of anilines is 1. The van der Waals surface area contributed by atoms with Crippen LogP contribution in [0.15, 0.2) is 65.1 Å². The molecule has 21 heavy (non-hydrogen) atoms. The summed E-state index contributed by atoms with van der Waals surface area (Å²) in [5.74, 6) is 0. The monoisotopic (exact) mass is 337 g/mol. The zero-order valence-electron chi connectivity index (χ0n) is 11.6. The molecule has 0 saturated carbocycles. The molecule has 0 fully saturated rings. The molecule has 0 radical (unpaired) electrons. The fourth-order valence-corrected chi connectivity index (χ4v) is 3.76. The van der Waals surface area contributed by atoms with Crippen molar-refractivity contribution in [2.24, 2.45) is 0 Å². The molecule has 1 atom stereocenters. The van der Waals surface area contributed by atoms with Gasteiger partial charge in [0.15, 0.2) is 0 Å². The fraction of sp³-hybridized carbons (Fsp3) is 0.158. The van der Waals surface area contributed by atoms with Gasteiger partial charge >= 0.3 is 0 Å². The minimum absolute atomic E-state index is 0.422. The summed E-state index contributed by atoms with van der Waals surface area (Å²) in [5, 5.41) is 6.28. The lowest BCUT2D eigenvalue weighted by atomic mass is 10.1. The normalized spacial score (nSPS) is 16.9. The lowest BCUT2D eigenvalue weighted by Crippen LogP contribution is -2.07. The highest BCUT2D eigenvalue weighted by Crippen LogP contribution is 2.37. The van der Waals surface area contributed by atoms with Gasteiger partial charge in [-0.3, -0.25) is 0 Å². The highest BCUT2D eigenvalue weighted by Gasteiger charge is 2.22. The van der Waals surface area contributed by atoms with E-state index < -0.39 is 0 Å². The SMILES string of the molecule is Brc1ccc(NC2CCc3ccccc32)c2ccccc12. The molecule has 0 aliphatic heterocycles. The maximum atomic E-state index is 3.75. The van der Waals surface area contributed by atoms with Crippen LogP contribution < -0.4 is 5.32 Å². The fourth-order valence-electron chi connectivity index (χ4n) is 3.28. The molecule has 1 N–H and O–H groups in total. The van der Waals surface area contributed by atoms with Gasteiger partial charge in [0.1, 0.15) is 0 Å². The van der Waals surface area contributed by atoms with Crippen LogP contribution in [0.4, 0.5) is 5.69 Å². The van der Waals surface area contributed by atoms with E-state index in [-0.39, 0.29) is 0 Å². The van der Waals surface area contributed by atoms with Crippen molar-refractivity contribution in [3.8, 4) is 0 Å². The van der Waals surface area contributed by atoms with E-state index in [1.54, 1.807) is 0 Å². The van der Waals surface area contributed by atoms with Gasteiger partial charge in [0.2, 0.25) is 0 Å². The first-order valence-corrected chi connectivity index (χ1v) is 8.14. The van der Waals surface area contributed by atoms with Crippen LogP contribution in [0.25, 0.3) is 10.8 Å². The molecular weight excluding hydrogens is 322 g/mol. The van der Waals surface area contributed by atoms with Crippen molar-refractivity contribution in [2.45, 2.75) is 18.9 Å². The quantitative estimate of drug-likeness (QED) is 0.632. The van der Waals surface area contributed by atoms with E-state index in [1.807, 2.05) is 0 Å². The van der Waals surface area contributed by atoms with E-state index in [4.69, 9.17) is 0 Å². The molecule has 0 saturated heterocycles. The highest BCUT2D eigenvalue weighted by atomic mass is 79.9. The summed E-state index contributed by atoms with van der Waals surface area (Å²) < 4.78 is 1.15. The van der Waals surface area contributed by atoms with Crippen LogP contribution in [0.1, 0.15) is 23.6 Å². The van der Waals surface area contributed by atoms with E-state index in [9.17, 15) is 0 Å². The molecule has 1 unspecified atom stereocenters. The smallest absolute Gasteiger partial charge is 0.0519 e. The Morgan fingerprint density at radius 3 is 2.52 bits per heavy atom. The Hall–Kier alpha value is -1.80. The van der Waals surface area contributed by atoms with Gasteiger partial charge < -0.3 is 5.32 Å². The highest BCUT2D eigenvalue weighted by molar-refractivity contribution is 9.10. The average Bonchev–Trinajstić information content (AvgIpc) is 2.94. The average molecular weight is 338 g/mol. The Kier molecular flexibility index (Phi) is 3.19. The van der Waals surface area contributed by atoms with Crippen LogP contribution in [0.5, 0.6) is 0 Å². The number of hydrogen-bond acceptors (Lipinski definition) is 1. The Labute approximate surface area is 133 Å². The van der Waals surface area contributed by atoms with Crippen LogP contribution in [0, 0.1) is 0 Å². The molecular formula is C19H16BrN. The third-order valence-corrected chi connectivity index (χ3v) is 5.02. The maximum absolute atomic E-state index is 3.75. The molecule has 0 aromatic heterocycles. The number of fused-ring (bicyclic) bond motifs is 2. The van der Waals surface area contributed by atoms with Gasteiger partial charge in [-0.1, -0.05) is 64.5 Å². The van der Waals surface area contributed by atoms with Crippen molar-refractivity contribution in [3.63, 3.8) is 0 Å². The second kappa shape index (κ2) is 5.19. The van der Waals surface area contributed by atoms with Gasteiger partial charge in [-0.05, 0) is 41.5 Å². The molecule has 1 aliphatic rings. The molecule has 0 amide bonds. The summed E-state index contributed by atoms with van der Waals surface area (Å²) in [6, 6.07) is 22.0. The van der Waals surface area contributed by atoms with Crippen molar-refractivity contribution < 1.29 is 0 Å². The van der Waals surface area contributed by atoms with Crippen LogP contribution in [0.3, 0.4) is 0 Å². The third-order valence-electron chi connectivity index (χ3n) is 4.33. The van der Waals surface area contributed by atoms with Gasteiger partial charge in [-0.15, -0.1) is 0 Å². The topological polar surface area (TPSA) is 12.0 Å². The minimum Gasteiger partial charge on any atom is -0.378 e. The second-order valence-corrected chi connectivity index (χ2v) is 6.43. The Balaban J connectivity index is 1.75. The second-order valence-electron chi connectivity index (χ2n) is 5.57. The number of halogens is 1. The minimum atomic E-state index is 0.422. The molecule has 0 bridgehead atoms. The van der Waals surface area contributed by atoms with E-state index in [0.29, 0.717) is 6.04 Å². The Morgan fingerprint density at radius 2 is 1.62 bits per heavy atom. The molecule has 3 aromatic carbocycles. The first kappa shape index (κ1) is 12.9. The first-order valence-electron chi connectivity index (χ1n) is 7.34. The summed E-state index contributed by atoms with van der Waals surface area (Å²) in [6.45, 7) is 0. The van der Waals surface area contributed by atoms with E-state index >= 15 is 0 Å². The molecule has 3 aromatic rings. The predicted molar refractivity (Wildman–Crippen MR) is 92.8 cm³/mol. The van der Waals surface area contributed by atoms with Crippen molar-refractivity contribution >= 4 is 32.4 Å². The van der Waals surface area contributed by atoms with Gasteiger partial charge in [-0.25, -0.2) is 0 Å². The van der Waals surface area contributed by atoms with Crippen LogP contribution in [0.2, 0.25) is 0 Å². The third kappa shape index (κ3) is 2.24. The number of hydrogen-bond donors (Lipinski definition) is 1. The maximum Gasteiger partial charge on any atom is 0.0519 e. The predicted octanol–water partition coefficient (Wildman–Crippen LogP) is 5.70. The van der Waals surface area contributed by atoms with E-state index in [0.717, 1.165) is 4.47 Å². The van der Waals surface area contributed by atoms with Crippen molar-refractivity contribution in [2.75, 3.05) is 5.32 Å². The molecule has 1 aliphatic carbocycles.